The third kappa shape index (κ3) is 5.31. The smallest absolute Gasteiger partial charge is 0.321 e. The molecule has 0 aliphatic carbocycles. The summed E-state index contributed by atoms with van der Waals surface area (Å²) < 4.78 is 26.7. The number of piperazine rings is 1. The van der Waals surface area contributed by atoms with Crippen molar-refractivity contribution in [2.75, 3.05) is 39.3 Å². The third-order valence-corrected chi connectivity index (χ3v) is 6.45. The van der Waals surface area contributed by atoms with Crippen molar-refractivity contribution in [3.05, 3.63) is 28.2 Å². The Bertz CT molecular complexity index is 780. The summed E-state index contributed by atoms with van der Waals surface area (Å²) >= 11 is 11.7. The summed E-state index contributed by atoms with van der Waals surface area (Å²) in [6, 6.07) is 3.64. The van der Waals surface area contributed by atoms with E-state index in [0.717, 1.165) is 0 Å². The fourth-order valence-electron chi connectivity index (χ4n) is 2.49. The number of hydrogen-bond donors (Lipinski definition) is 2. The summed E-state index contributed by atoms with van der Waals surface area (Å²) in [7, 11) is -3.68. The van der Waals surface area contributed by atoms with Crippen LogP contribution in [0.5, 0.6) is 0 Å². The van der Waals surface area contributed by atoms with Crippen LogP contribution in [0.4, 0.5) is 4.79 Å². The van der Waals surface area contributed by atoms with E-state index in [1.54, 1.807) is 11.8 Å². The summed E-state index contributed by atoms with van der Waals surface area (Å²) in [5.74, 6) is -0.434. The third-order valence-electron chi connectivity index (χ3n) is 3.82. The van der Waals surface area contributed by atoms with Crippen molar-refractivity contribution in [1.82, 2.24) is 19.8 Å². The molecule has 1 aromatic carbocycles. The minimum absolute atomic E-state index is 0.0256. The van der Waals surface area contributed by atoms with Crippen LogP contribution >= 0.6 is 23.2 Å². The molecule has 1 aliphatic rings. The molecule has 1 heterocycles. The average Bonchev–Trinajstić information content (AvgIpc) is 2.57. The number of sulfonamides is 1. The van der Waals surface area contributed by atoms with Crippen molar-refractivity contribution in [2.45, 2.75) is 11.8 Å². The van der Waals surface area contributed by atoms with Crippen molar-refractivity contribution in [1.29, 1.82) is 0 Å². The van der Waals surface area contributed by atoms with E-state index in [1.165, 1.54) is 22.5 Å². The molecule has 1 aliphatic heterocycles. The van der Waals surface area contributed by atoms with E-state index >= 15 is 0 Å². The van der Waals surface area contributed by atoms with Crippen LogP contribution in [0.25, 0.3) is 0 Å². The fraction of sp³-hybridized carbons (Fsp3) is 0.467. The zero-order chi connectivity index (χ0) is 19.3. The Kier molecular flexibility index (Phi) is 7.24. The van der Waals surface area contributed by atoms with Gasteiger partial charge < -0.3 is 5.32 Å². The Morgan fingerprint density at radius 3 is 2.35 bits per heavy atom. The minimum Gasteiger partial charge on any atom is -0.338 e. The van der Waals surface area contributed by atoms with Crippen LogP contribution in [0.15, 0.2) is 23.1 Å². The largest absolute Gasteiger partial charge is 0.338 e. The lowest BCUT2D eigenvalue weighted by Gasteiger charge is -2.33. The number of carbonyl (C=O) groups excluding carboxylic acids is 2. The first-order valence-corrected chi connectivity index (χ1v) is 10.2. The number of rotatable bonds is 5. The Hall–Kier alpha value is -1.39. The van der Waals surface area contributed by atoms with E-state index in [1.807, 2.05) is 0 Å². The SMILES string of the molecule is CCNC(=O)NC(=O)CN1CCN(S(=O)(=O)c2ccc(Cl)c(Cl)c2)CC1. The molecule has 0 spiro atoms. The highest BCUT2D eigenvalue weighted by Gasteiger charge is 2.29. The molecule has 26 heavy (non-hydrogen) atoms. The normalized spacial score (nSPS) is 16.3. The summed E-state index contributed by atoms with van der Waals surface area (Å²) in [5, 5.41) is 5.15. The van der Waals surface area contributed by atoms with Gasteiger partial charge in [0.1, 0.15) is 0 Å². The van der Waals surface area contributed by atoms with Crippen molar-refractivity contribution < 1.29 is 18.0 Å². The first-order valence-electron chi connectivity index (χ1n) is 7.99. The molecule has 0 bridgehead atoms. The van der Waals surface area contributed by atoms with Crippen molar-refractivity contribution in [2.24, 2.45) is 0 Å². The van der Waals surface area contributed by atoms with Crippen LogP contribution in [0.3, 0.4) is 0 Å². The first kappa shape index (κ1) is 20.9. The molecule has 3 amide bonds. The number of hydrogen-bond acceptors (Lipinski definition) is 5. The van der Waals surface area contributed by atoms with Gasteiger partial charge in [-0.25, -0.2) is 13.2 Å². The Morgan fingerprint density at radius 1 is 1.12 bits per heavy atom. The van der Waals surface area contributed by atoms with E-state index in [4.69, 9.17) is 23.2 Å². The maximum absolute atomic E-state index is 12.7. The van der Waals surface area contributed by atoms with Gasteiger partial charge in [0.05, 0.1) is 21.5 Å². The van der Waals surface area contributed by atoms with E-state index < -0.39 is 22.0 Å². The Balaban J connectivity index is 1.92. The number of urea groups is 1. The number of halogens is 2. The van der Waals surface area contributed by atoms with Crippen LogP contribution in [-0.2, 0) is 14.8 Å². The lowest BCUT2D eigenvalue weighted by molar-refractivity contribution is -0.121. The predicted octanol–water partition coefficient (Wildman–Crippen LogP) is 1.15. The number of amides is 3. The Morgan fingerprint density at radius 2 is 1.77 bits per heavy atom. The first-order chi connectivity index (χ1) is 12.2. The molecule has 0 unspecified atom stereocenters. The standard InChI is InChI=1S/C15H20Cl2N4O4S/c1-2-18-15(23)19-14(22)10-20-5-7-21(8-6-20)26(24,25)11-3-4-12(16)13(17)9-11/h3-4,9H,2,5-8,10H2,1H3,(H2,18,19,22,23). The van der Waals surface area contributed by atoms with Crippen LogP contribution in [0.1, 0.15) is 6.92 Å². The molecule has 2 rings (SSSR count). The van der Waals surface area contributed by atoms with Crippen molar-refractivity contribution in [3.63, 3.8) is 0 Å². The number of nitrogens with zero attached hydrogens (tertiary/aromatic N) is 2. The van der Waals surface area contributed by atoms with Crippen LogP contribution < -0.4 is 10.6 Å². The highest BCUT2D eigenvalue weighted by molar-refractivity contribution is 7.89. The van der Waals surface area contributed by atoms with Crippen LogP contribution in [0.2, 0.25) is 10.0 Å². The lowest BCUT2D eigenvalue weighted by atomic mass is 10.3. The molecule has 0 aromatic heterocycles. The molecule has 0 radical (unpaired) electrons. The van der Waals surface area contributed by atoms with Gasteiger partial charge >= 0.3 is 6.03 Å². The molecule has 1 aromatic rings. The van der Waals surface area contributed by atoms with Gasteiger partial charge in [-0.15, -0.1) is 0 Å². The van der Waals surface area contributed by atoms with Crippen LogP contribution in [0, 0.1) is 0 Å². The highest BCUT2D eigenvalue weighted by atomic mass is 35.5. The van der Waals surface area contributed by atoms with Gasteiger partial charge in [0.15, 0.2) is 0 Å². The average molecular weight is 423 g/mol. The van der Waals surface area contributed by atoms with Gasteiger partial charge in [-0.2, -0.15) is 4.31 Å². The minimum atomic E-state index is -3.68. The highest BCUT2D eigenvalue weighted by Crippen LogP contribution is 2.26. The molecule has 0 atom stereocenters. The maximum Gasteiger partial charge on any atom is 0.321 e. The quantitative estimate of drug-likeness (QED) is 0.741. The summed E-state index contributed by atoms with van der Waals surface area (Å²) in [6.07, 6.45) is 0. The summed E-state index contributed by atoms with van der Waals surface area (Å²) in [6.45, 7) is 3.42. The molecule has 11 heteroatoms. The molecular weight excluding hydrogens is 403 g/mol. The molecule has 0 saturated carbocycles. The van der Waals surface area contributed by atoms with E-state index in [2.05, 4.69) is 10.6 Å². The van der Waals surface area contributed by atoms with E-state index in [0.29, 0.717) is 19.6 Å². The second-order valence-corrected chi connectivity index (χ2v) is 8.42. The lowest BCUT2D eigenvalue weighted by Crippen LogP contribution is -2.52. The van der Waals surface area contributed by atoms with E-state index in [9.17, 15) is 18.0 Å². The molecular formula is C15H20Cl2N4O4S. The summed E-state index contributed by atoms with van der Waals surface area (Å²) in [4.78, 5) is 25.0. The van der Waals surface area contributed by atoms with Crippen molar-refractivity contribution >= 4 is 45.2 Å². The second-order valence-electron chi connectivity index (χ2n) is 5.66. The second kappa shape index (κ2) is 9.01. The molecule has 8 nitrogen and oxygen atoms in total. The van der Waals surface area contributed by atoms with Gasteiger partial charge in [0.25, 0.3) is 0 Å². The van der Waals surface area contributed by atoms with Gasteiger partial charge in [-0.1, -0.05) is 23.2 Å². The van der Waals surface area contributed by atoms with Crippen LogP contribution in [-0.4, -0.2) is 68.8 Å². The topological polar surface area (TPSA) is 98.8 Å². The van der Waals surface area contributed by atoms with E-state index in [-0.39, 0.29) is 34.6 Å². The molecule has 1 fully saturated rings. The maximum atomic E-state index is 12.7. The monoisotopic (exact) mass is 422 g/mol. The Labute approximate surface area is 162 Å². The predicted molar refractivity (Wildman–Crippen MR) is 98.9 cm³/mol. The zero-order valence-corrected chi connectivity index (χ0v) is 16.5. The number of benzene rings is 1. The number of carbonyl (C=O) groups is 2. The molecule has 2 N–H and O–H groups in total. The van der Waals surface area contributed by atoms with Gasteiger partial charge in [0, 0.05) is 32.7 Å². The zero-order valence-electron chi connectivity index (χ0n) is 14.2. The molecule has 144 valence electrons. The van der Waals surface area contributed by atoms with Gasteiger partial charge in [-0.05, 0) is 25.1 Å². The van der Waals surface area contributed by atoms with Crippen molar-refractivity contribution in [3.8, 4) is 0 Å². The number of imide groups is 1. The molecule has 1 saturated heterocycles. The van der Waals surface area contributed by atoms with Gasteiger partial charge in [-0.3, -0.25) is 15.0 Å². The van der Waals surface area contributed by atoms with Gasteiger partial charge in [0.2, 0.25) is 15.9 Å². The summed E-state index contributed by atoms with van der Waals surface area (Å²) in [5.41, 5.74) is 0. The number of nitrogens with one attached hydrogen (secondary N) is 2. The fourth-order valence-corrected chi connectivity index (χ4v) is 4.30.